The van der Waals surface area contributed by atoms with Gasteiger partial charge in [-0.2, -0.15) is 0 Å². The van der Waals surface area contributed by atoms with E-state index in [1.807, 2.05) is 0 Å². The van der Waals surface area contributed by atoms with Crippen LogP contribution in [0.25, 0.3) is 0 Å². The third kappa shape index (κ3) is 4.26. The van der Waals surface area contributed by atoms with Gasteiger partial charge in [0.05, 0.1) is 9.92 Å². The Morgan fingerprint density at radius 1 is 1.14 bits per heavy atom. The molecule has 2 aromatic carbocycles. The Morgan fingerprint density at radius 2 is 1.86 bits per heavy atom. The number of hydrogen-bond acceptors (Lipinski definition) is 2. The predicted molar refractivity (Wildman–Crippen MR) is 87.3 cm³/mol. The fourth-order valence-corrected chi connectivity index (χ4v) is 4.31. The molecule has 0 aliphatic rings. The molecule has 0 bridgehead atoms. The molecule has 0 aromatic heterocycles. The molecule has 112 valence electrons. The SMILES string of the molecule is O=S(=O)(NCc1ccc(F)c(Cl)c1)c1cc(Br)ccc1Br. The average molecular weight is 458 g/mol. The summed E-state index contributed by atoms with van der Waals surface area (Å²) in [5.74, 6) is -0.544. The quantitative estimate of drug-likeness (QED) is 0.736. The van der Waals surface area contributed by atoms with Crippen molar-refractivity contribution in [2.45, 2.75) is 11.4 Å². The minimum atomic E-state index is -3.70. The van der Waals surface area contributed by atoms with Gasteiger partial charge in [0.1, 0.15) is 5.82 Å². The number of rotatable bonds is 4. The molecule has 8 heteroatoms. The largest absolute Gasteiger partial charge is 0.242 e. The summed E-state index contributed by atoms with van der Waals surface area (Å²) in [5, 5.41) is -0.0460. The third-order valence-corrected chi connectivity index (χ3v) is 5.81. The number of nitrogens with one attached hydrogen (secondary N) is 1. The lowest BCUT2D eigenvalue weighted by Gasteiger charge is -2.09. The van der Waals surface area contributed by atoms with Crippen LogP contribution in [-0.2, 0) is 16.6 Å². The van der Waals surface area contributed by atoms with E-state index in [0.717, 1.165) is 0 Å². The van der Waals surface area contributed by atoms with Gasteiger partial charge in [0.2, 0.25) is 10.0 Å². The third-order valence-electron chi connectivity index (χ3n) is 2.63. The molecule has 2 aromatic rings. The van der Waals surface area contributed by atoms with Gasteiger partial charge in [-0.1, -0.05) is 33.6 Å². The zero-order valence-electron chi connectivity index (χ0n) is 10.4. The maximum Gasteiger partial charge on any atom is 0.242 e. The Kier molecular flexibility index (Phi) is 5.43. The topological polar surface area (TPSA) is 46.2 Å². The Hall–Kier alpha value is -0.470. The van der Waals surface area contributed by atoms with Gasteiger partial charge in [-0.3, -0.25) is 0 Å². The molecule has 0 amide bonds. The first-order valence-corrected chi connectivity index (χ1v) is 9.13. The number of benzene rings is 2. The number of halogens is 4. The molecular formula is C13H9Br2ClFNO2S. The summed E-state index contributed by atoms with van der Waals surface area (Å²) in [5.41, 5.74) is 0.566. The molecule has 0 aliphatic carbocycles. The lowest BCUT2D eigenvalue weighted by Crippen LogP contribution is -2.23. The van der Waals surface area contributed by atoms with Crippen LogP contribution < -0.4 is 4.72 Å². The van der Waals surface area contributed by atoms with E-state index in [4.69, 9.17) is 11.6 Å². The van der Waals surface area contributed by atoms with Gasteiger partial charge >= 0.3 is 0 Å². The summed E-state index contributed by atoms with van der Waals surface area (Å²) in [7, 11) is -3.70. The molecule has 2 rings (SSSR count). The van der Waals surface area contributed by atoms with Crippen molar-refractivity contribution in [3.8, 4) is 0 Å². The van der Waals surface area contributed by atoms with Crippen LogP contribution in [-0.4, -0.2) is 8.42 Å². The van der Waals surface area contributed by atoms with Crippen molar-refractivity contribution in [1.29, 1.82) is 0 Å². The van der Waals surface area contributed by atoms with Crippen LogP contribution in [0.2, 0.25) is 5.02 Å². The monoisotopic (exact) mass is 455 g/mol. The van der Waals surface area contributed by atoms with Crippen molar-refractivity contribution >= 4 is 53.5 Å². The molecule has 0 saturated carbocycles. The van der Waals surface area contributed by atoms with Crippen LogP contribution in [0.4, 0.5) is 4.39 Å². The van der Waals surface area contributed by atoms with Gasteiger partial charge in [-0.15, -0.1) is 0 Å². The van der Waals surface area contributed by atoms with Crippen molar-refractivity contribution < 1.29 is 12.8 Å². The van der Waals surface area contributed by atoms with E-state index in [1.54, 1.807) is 12.1 Å². The molecule has 21 heavy (non-hydrogen) atoms. The smallest absolute Gasteiger partial charge is 0.207 e. The molecule has 0 unspecified atom stereocenters. The maximum absolute atomic E-state index is 13.1. The van der Waals surface area contributed by atoms with Crippen molar-refractivity contribution in [3.63, 3.8) is 0 Å². The Bertz CT molecular complexity index is 784. The fraction of sp³-hybridized carbons (Fsp3) is 0.0769. The van der Waals surface area contributed by atoms with E-state index in [-0.39, 0.29) is 16.5 Å². The van der Waals surface area contributed by atoms with Crippen LogP contribution in [0, 0.1) is 5.82 Å². The molecule has 3 nitrogen and oxygen atoms in total. The summed E-state index contributed by atoms with van der Waals surface area (Å²) >= 11 is 12.1. The normalized spacial score (nSPS) is 11.6. The summed E-state index contributed by atoms with van der Waals surface area (Å²) in [6.45, 7) is 0.0152. The Morgan fingerprint density at radius 3 is 2.52 bits per heavy atom. The lowest BCUT2D eigenvalue weighted by molar-refractivity contribution is 0.580. The standard InChI is InChI=1S/C13H9Br2ClFNO2S/c14-9-2-3-10(15)13(6-9)21(19,20)18-7-8-1-4-12(17)11(16)5-8/h1-6,18H,7H2. The van der Waals surface area contributed by atoms with Crippen LogP contribution in [0.3, 0.4) is 0 Å². The summed E-state index contributed by atoms with van der Waals surface area (Å²) in [4.78, 5) is 0.116. The zero-order chi connectivity index (χ0) is 15.6. The summed E-state index contributed by atoms with van der Waals surface area (Å²) in [6.07, 6.45) is 0. The predicted octanol–water partition coefficient (Wildman–Crippen LogP) is 4.48. The molecule has 0 spiro atoms. The highest BCUT2D eigenvalue weighted by Gasteiger charge is 2.18. The van der Waals surface area contributed by atoms with Crippen molar-refractivity contribution in [2.24, 2.45) is 0 Å². The van der Waals surface area contributed by atoms with Crippen LogP contribution in [0.5, 0.6) is 0 Å². The van der Waals surface area contributed by atoms with E-state index in [9.17, 15) is 12.8 Å². The molecular weight excluding hydrogens is 448 g/mol. The second kappa shape index (κ2) is 6.75. The van der Waals surface area contributed by atoms with Gasteiger partial charge in [0.25, 0.3) is 0 Å². The number of sulfonamides is 1. The minimum Gasteiger partial charge on any atom is -0.207 e. The van der Waals surface area contributed by atoms with Crippen molar-refractivity contribution in [2.75, 3.05) is 0 Å². The molecule has 0 saturated heterocycles. The molecule has 1 N–H and O–H groups in total. The first-order chi connectivity index (χ1) is 9.79. The molecule has 0 aliphatic heterocycles. The molecule has 0 heterocycles. The Balaban J connectivity index is 2.21. The second-order valence-electron chi connectivity index (χ2n) is 4.15. The van der Waals surface area contributed by atoms with Gasteiger partial charge in [0.15, 0.2) is 0 Å². The van der Waals surface area contributed by atoms with E-state index in [2.05, 4.69) is 36.6 Å². The van der Waals surface area contributed by atoms with Crippen LogP contribution in [0.15, 0.2) is 50.2 Å². The fourth-order valence-electron chi connectivity index (χ4n) is 1.59. The number of hydrogen-bond donors (Lipinski definition) is 1. The zero-order valence-corrected chi connectivity index (χ0v) is 15.2. The first-order valence-electron chi connectivity index (χ1n) is 5.68. The summed E-state index contributed by atoms with van der Waals surface area (Å²) in [6, 6.07) is 8.90. The molecule has 0 radical (unpaired) electrons. The van der Waals surface area contributed by atoms with Gasteiger partial charge in [-0.25, -0.2) is 17.5 Å². The van der Waals surface area contributed by atoms with Crippen molar-refractivity contribution in [1.82, 2.24) is 4.72 Å². The van der Waals surface area contributed by atoms with Gasteiger partial charge in [0, 0.05) is 15.5 Å². The average Bonchev–Trinajstić information content (AvgIpc) is 2.43. The van der Waals surface area contributed by atoms with E-state index < -0.39 is 15.8 Å². The van der Waals surface area contributed by atoms with Gasteiger partial charge in [-0.05, 0) is 51.8 Å². The highest BCUT2D eigenvalue weighted by Crippen LogP contribution is 2.25. The van der Waals surface area contributed by atoms with Crippen molar-refractivity contribution in [3.05, 3.63) is 61.7 Å². The van der Waals surface area contributed by atoms with E-state index in [1.165, 1.54) is 24.3 Å². The van der Waals surface area contributed by atoms with Gasteiger partial charge < -0.3 is 0 Å². The lowest BCUT2D eigenvalue weighted by atomic mass is 10.2. The highest BCUT2D eigenvalue weighted by molar-refractivity contribution is 9.11. The van der Waals surface area contributed by atoms with E-state index in [0.29, 0.717) is 14.5 Å². The first kappa shape index (κ1) is 16.9. The minimum absolute atomic E-state index is 0.0152. The summed E-state index contributed by atoms with van der Waals surface area (Å²) < 4.78 is 41.1. The van der Waals surface area contributed by atoms with E-state index >= 15 is 0 Å². The van der Waals surface area contributed by atoms with Crippen LogP contribution in [0.1, 0.15) is 5.56 Å². The van der Waals surface area contributed by atoms with Crippen LogP contribution >= 0.6 is 43.5 Å². The molecule has 0 fully saturated rings. The Labute approximate surface area is 143 Å². The maximum atomic E-state index is 13.1. The molecule has 0 atom stereocenters. The second-order valence-corrected chi connectivity index (χ2v) is 8.06. The highest BCUT2D eigenvalue weighted by atomic mass is 79.9.